The molecule has 4 unspecified atom stereocenters. The standard InChI is InChI=1S/C75H124N14O16.2H/c1-20-44(16)59(71(100)88-62-47(19)105-75(104)58(43(14)15)84-63(92)49(22-3)77-65(94)51(37-48-30-24-23-25-31-48)79-67(96)55(40(8)9)81-70(99)60(45(17)21-2)86-73(62)102)85-64(93)50(32-27-35-76)78-66(95)52-33-28-36-89(52)74(103)57(42(12)13)83-69(98)56(41(10)11)82-72(101)61(46(18)90)87-68(97)54(39(6)7)80-53(91)34-26-29-38(4)5;;/h22-25,30-31,38-47,50-52,54-62,90H,20-21,26-29,32-37,76H2,1-19H3,(H,77,94)(H,78,95)(H,79,96)(H,80,91)(H,81,99)(H,82,101)(H,83,98)(H,84,92)(H,85,93)(H,86,102)(H,87,97)(H,88,100);;/q;2*-1/b49-22-;;/t44?,45?,46-,47?,50+,51+,52-,54-,55-,56+,57-,58+,59-,60-,61?,62-;;/m1../s1/i;2*1+1. The molecule has 594 valence electrons. The van der Waals surface area contributed by atoms with E-state index in [2.05, 4.69) is 63.8 Å². The van der Waals surface area contributed by atoms with Crippen molar-refractivity contribution >= 4 is 82.8 Å². The van der Waals surface area contributed by atoms with Gasteiger partial charge in [-0.05, 0) is 112 Å². The number of amides is 13. The van der Waals surface area contributed by atoms with Gasteiger partial charge in [0, 0.05) is 19.4 Å². The molecule has 0 aromatic heterocycles. The van der Waals surface area contributed by atoms with E-state index in [4.69, 9.17) is 10.5 Å². The molecule has 2 saturated heterocycles. The number of carbonyl (C=O) groups excluding carboxylic acids is 14. The van der Waals surface area contributed by atoms with Crippen LogP contribution in [0.3, 0.4) is 0 Å². The molecule has 13 amide bonds. The zero-order valence-corrected chi connectivity index (χ0v) is 65.2. The third-order valence-electron chi connectivity index (χ3n) is 19.3. The van der Waals surface area contributed by atoms with Crippen LogP contribution in [-0.4, -0.2) is 191 Å². The molecule has 2 fully saturated rings. The van der Waals surface area contributed by atoms with Crippen molar-refractivity contribution in [1.29, 1.82) is 0 Å². The number of allylic oxidation sites excluding steroid dienone is 1. The summed E-state index contributed by atoms with van der Waals surface area (Å²) in [5.41, 5.74) is 6.34. The van der Waals surface area contributed by atoms with Crippen LogP contribution in [0, 0.1) is 47.3 Å². The van der Waals surface area contributed by atoms with E-state index < -0.39 is 203 Å². The second kappa shape index (κ2) is 43.8. The molecule has 15 N–H and O–H groups in total. The van der Waals surface area contributed by atoms with E-state index in [-0.39, 0.29) is 66.1 Å². The van der Waals surface area contributed by atoms with Crippen LogP contribution in [0.25, 0.3) is 0 Å². The fourth-order valence-electron chi connectivity index (χ4n) is 12.1. The lowest BCUT2D eigenvalue weighted by Crippen LogP contribution is -2.64. The molecule has 2 heterocycles. The molecule has 30 heteroatoms. The molecular formula is C75H126N14O16-2. The van der Waals surface area contributed by atoms with Crippen LogP contribution in [-0.2, 0) is 78.3 Å². The van der Waals surface area contributed by atoms with Gasteiger partial charge in [-0.3, -0.25) is 62.3 Å². The molecule has 1 aromatic rings. The zero-order valence-electron chi connectivity index (χ0n) is 67.2. The molecule has 30 nitrogen and oxygen atoms in total. The lowest BCUT2D eigenvalue weighted by atomic mass is 9.95. The summed E-state index contributed by atoms with van der Waals surface area (Å²) in [4.78, 5) is 202. The first kappa shape index (κ1) is 90.7. The maximum absolute atomic E-state index is 15.0. The summed E-state index contributed by atoms with van der Waals surface area (Å²) in [7, 11) is 0. The summed E-state index contributed by atoms with van der Waals surface area (Å²) >= 11 is 0. The summed E-state index contributed by atoms with van der Waals surface area (Å²) in [6, 6.07) is -7.67. The Hall–Kier alpha value is -8.54. The Kier molecular flexibility index (Phi) is 37.8. The number of rotatable bonds is 33. The number of carbonyl (C=O) groups is 14. The Morgan fingerprint density at radius 2 is 1.16 bits per heavy atom. The van der Waals surface area contributed by atoms with Gasteiger partial charge < -0.3 is 87.1 Å². The van der Waals surface area contributed by atoms with E-state index in [0.29, 0.717) is 30.7 Å². The Morgan fingerprint density at radius 1 is 0.619 bits per heavy atom. The number of esters is 1. The van der Waals surface area contributed by atoms with Crippen molar-refractivity contribution in [3.63, 3.8) is 0 Å². The van der Waals surface area contributed by atoms with Crippen molar-refractivity contribution in [2.75, 3.05) is 13.1 Å². The van der Waals surface area contributed by atoms with Crippen LogP contribution in [0.2, 0.25) is 0 Å². The number of hydrogen-bond donors (Lipinski definition) is 14. The summed E-state index contributed by atoms with van der Waals surface area (Å²) in [6.45, 7) is 31.8. The van der Waals surface area contributed by atoms with Gasteiger partial charge in [-0.2, -0.15) is 0 Å². The van der Waals surface area contributed by atoms with E-state index in [1.807, 2.05) is 13.8 Å². The number of nitrogens with two attached hydrogens (primary N) is 1. The minimum Gasteiger partial charge on any atom is -1.00 e. The Morgan fingerprint density at radius 3 is 1.70 bits per heavy atom. The van der Waals surface area contributed by atoms with E-state index in [0.717, 1.165) is 6.42 Å². The second-order valence-electron chi connectivity index (χ2n) is 30.2. The molecule has 105 heavy (non-hydrogen) atoms. The van der Waals surface area contributed by atoms with Crippen molar-refractivity contribution < 1.29 is 79.8 Å². The maximum Gasteiger partial charge on any atom is 0.329 e. The van der Waals surface area contributed by atoms with Gasteiger partial charge in [-0.1, -0.05) is 166 Å². The quantitative estimate of drug-likeness (QED) is 0.0354. The summed E-state index contributed by atoms with van der Waals surface area (Å²) < 4.78 is 5.96. The fraction of sp³-hybridized carbons (Fsp3) is 0.707. The molecular weight excluding hydrogens is 1350 g/mol. The number of nitrogens with zero attached hydrogens (tertiary/aromatic N) is 1. The van der Waals surface area contributed by atoms with Gasteiger partial charge in [0.2, 0.25) is 70.9 Å². The Balaban J connectivity index is 0.0000286. The normalized spacial score (nSPS) is 22.6. The highest BCUT2D eigenvalue weighted by Gasteiger charge is 2.44. The highest BCUT2D eigenvalue weighted by Crippen LogP contribution is 2.23. The minimum atomic E-state index is -1.83. The van der Waals surface area contributed by atoms with Crippen LogP contribution in [0.4, 0.5) is 0 Å². The van der Waals surface area contributed by atoms with Crippen molar-refractivity contribution in [3.8, 4) is 0 Å². The molecule has 16 atom stereocenters. The lowest BCUT2D eigenvalue weighted by molar-refractivity contribution is -0.157. The van der Waals surface area contributed by atoms with Gasteiger partial charge in [0.15, 0.2) is 0 Å². The smallest absolute Gasteiger partial charge is 0.329 e. The molecule has 1 aromatic carbocycles. The Labute approximate surface area is 623 Å². The van der Waals surface area contributed by atoms with Crippen LogP contribution in [0.15, 0.2) is 42.1 Å². The van der Waals surface area contributed by atoms with E-state index in [1.54, 1.807) is 127 Å². The van der Waals surface area contributed by atoms with Gasteiger partial charge in [0.25, 0.3) is 5.91 Å². The molecule has 0 bridgehead atoms. The summed E-state index contributed by atoms with van der Waals surface area (Å²) in [5.74, 6) is -15.1. The highest BCUT2D eigenvalue weighted by atomic mass is 16.5. The molecule has 0 spiro atoms. The average Bonchev–Trinajstić information content (AvgIpc) is 1.79. The molecule has 2 aliphatic rings. The third kappa shape index (κ3) is 27.7. The molecule has 0 radical (unpaired) electrons. The first-order valence-corrected chi connectivity index (χ1v) is 37.5. The third-order valence-corrected chi connectivity index (χ3v) is 19.3. The summed E-state index contributed by atoms with van der Waals surface area (Å²) in [6.07, 6.45) is 1.02. The van der Waals surface area contributed by atoms with Gasteiger partial charge >= 0.3 is 5.97 Å². The predicted molar refractivity (Wildman–Crippen MR) is 398 cm³/mol. The highest BCUT2D eigenvalue weighted by molar-refractivity contribution is 6.03. The van der Waals surface area contributed by atoms with Crippen LogP contribution in [0.1, 0.15) is 198 Å². The SMILES string of the molecule is C/C=C1\NC(=O)[C@H](Cc2ccccc2)NC(=O)[C@@H](C(C)C)NC(=O)[C@@H](C(C)CC)NC(=O)[C@H](NC(=O)[C@H](NC(=O)[C@H](CCCN)NC(=O)[C@H]2CCCN2C(=O)[C@H](NC(=O)[C@@H](NC(=O)C(NC(=O)[C@H](NC(=O)CCCC(C)C)C(C)C)[C@@H](C)O)C(C)C)C(C)C)C(C)CC)C(C)OC(=O)[C@H](C(C)C)NC1=O.[2H-].[2H-]. The first-order chi connectivity index (χ1) is 49.2. The lowest BCUT2D eigenvalue weighted by Gasteiger charge is -2.33. The predicted octanol–water partition coefficient (Wildman–Crippen LogP) is 2.06. The molecule has 2 aliphatic heterocycles. The molecule has 3 rings (SSSR count). The van der Waals surface area contributed by atoms with Gasteiger partial charge in [-0.25, -0.2) is 4.79 Å². The number of likely N-dealkylation sites (tertiary alicyclic amines) is 1. The Bertz CT molecular complexity index is 3170. The van der Waals surface area contributed by atoms with E-state index in [9.17, 15) is 62.6 Å². The number of hydrogen-bond acceptors (Lipinski definition) is 17. The number of ether oxygens (including phenoxy) is 1. The monoisotopic (exact) mass is 1480 g/mol. The average molecular weight is 1480 g/mol. The molecule has 0 saturated carbocycles. The molecule has 0 aliphatic carbocycles. The van der Waals surface area contributed by atoms with Gasteiger partial charge in [0.05, 0.1) is 6.10 Å². The van der Waals surface area contributed by atoms with Gasteiger partial charge in [-0.15, -0.1) is 0 Å². The van der Waals surface area contributed by atoms with Crippen molar-refractivity contribution in [3.05, 3.63) is 47.7 Å². The van der Waals surface area contributed by atoms with Crippen LogP contribution >= 0.6 is 0 Å². The number of nitrogens with one attached hydrogen (secondary N) is 12. The largest absolute Gasteiger partial charge is 1.00 e. The second-order valence-corrected chi connectivity index (χ2v) is 30.2. The fourth-order valence-corrected chi connectivity index (χ4v) is 12.1. The maximum atomic E-state index is 15.0. The number of benzene rings is 1. The number of aliphatic hydroxyl groups excluding tert-OH is 1. The number of aliphatic hydroxyl groups is 1. The van der Waals surface area contributed by atoms with Crippen molar-refractivity contribution in [1.82, 2.24) is 68.7 Å². The number of cyclic esters (lactones) is 1. The van der Waals surface area contributed by atoms with Crippen LogP contribution < -0.4 is 69.5 Å². The van der Waals surface area contributed by atoms with Crippen LogP contribution in [0.5, 0.6) is 0 Å². The van der Waals surface area contributed by atoms with Crippen molar-refractivity contribution in [2.24, 2.45) is 53.1 Å². The zero-order chi connectivity index (χ0) is 79.4. The van der Waals surface area contributed by atoms with E-state index in [1.165, 1.54) is 31.7 Å². The topological polar surface area (TPSA) is 442 Å². The summed E-state index contributed by atoms with van der Waals surface area (Å²) in [5, 5.41) is 43.2. The van der Waals surface area contributed by atoms with Crippen molar-refractivity contribution in [2.45, 2.75) is 280 Å². The first-order valence-electron chi connectivity index (χ1n) is 37.5. The van der Waals surface area contributed by atoms with E-state index >= 15 is 9.59 Å². The minimum absolute atomic E-state index is 0. The van der Waals surface area contributed by atoms with Gasteiger partial charge in [0.1, 0.15) is 84.3 Å².